The molecule has 1 aromatic rings. The third kappa shape index (κ3) is 3.49. The van der Waals surface area contributed by atoms with Crippen LogP contribution in [0.15, 0.2) is 29.2 Å². The molecule has 3 atom stereocenters. The quantitative estimate of drug-likeness (QED) is 0.832. The van der Waals surface area contributed by atoms with Crippen LogP contribution in [0.4, 0.5) is 0 Å². The van der Waals surface area contributed by atoms with Crippen molar-refractivity contribution in [1.29, 1.82) is 0 Å². The Morgan fingerprint density at radius 1 is 1.41 bits per heavy atom. The molecule has 94 valence electrons. The van der Waals surface area contributed by atoms with Crippen LogP contribution >= 0.6 is 27.7 Å². The van der Waals surface area contributed by atoms with E-state index in [2.05, 4.69) is 59.4 Å². The molecule has 1 heterocycles. The summed E-state index contributed by atoms with van der Waals surface area (Å²) in [5.74, 6) is 0.684. The zero-order chi connectivity index (χ0) is 12.3. The molecule has 0 aromatic heterocycles. The molecule has 0 saturated heterocycles. The van der Waals surface area contributed by atoms with Gasteiger partial charge in [0, 0.05) is 28.1 Å². The topological polar surface area (TPSA) is 12.0 Å². The predicted octanol–water partition coefficient (Wildman–Crippen LogP) is 3.71. The highest BCUT2D eigenvalue weighted by Gasteiger charge is 2.22. The van der Waals surface area contributed by atoms with Crippen molar-refractivity contribution in [3.8, 4) is 0 Å². The normalized spacial score (nSPS) is 22.2. The maximum atomic E-state index is 3.66. The van der Waals surface area contributed by atoms with Gasteiger partial charge in [0.05, 0.1) is 0 Å². The Bertz CT molecular complexity index is 344. The fourth-order valence-electron chi connectivity index (χ4n) is 2.02. The van der Waals surface area contributed by atoms with Crippen LogP contribution < -0.4 is 5.32 Å². The van der Waals surface area contributed by atoms with Gasteiger partial charge in [-0.2, -0.15) is 0 Å². The molecular weight excluding hydrogens is 294 g/mol. The molecule has 3 heteroatoms. The Kier molecular flexibility index (Phi) is 4.95. The Morgan fingerprint density at radius 2 is 2.18 bits per heavy atom. The van der Waals surface area contributed by atoms with Crippen LogP contribution in [0.3, 0.4) is 0 Å². The lowest BCUT2D eigenvalue weighted by atomic mass is 10.1. The Balaban J connectivity index is 1.80. The van der Waals surface area contributed by atoms with E-state index in [9.17, 15) is 0 Å². The Morgan fingerprint density at radius 3 is 2.88 bits per heavy atom. The van der Waals surface area contributed by atoms with Crippen molar-refractivity contribution in [2.45, 2.75) is 36.5 Å². The first-order valence-electron chi connectivity index (χ1n) is 6.24. The lowest BCUT2D eigenvalue weighted by Crippen LogP contribution is -2.37. The molecule has 2 rings (SSSR count). The molecule has 0 fully saturated rings. The summed E-state index contributed by atoms with van der Waals surface area (Å²) in [7, 11) is 0. The molecule has 0 bridgehead atoms. The number of rotatable bonds is 5. The number of alkyl halides is 1. The van der Waals surface area contributed by atoms with E-state index < -0.39 is 0 Å². The summed E-state index contributed by atoms with van der Waals surface area (Å²) in [5.41, 5.74) is 1.52. The van der Waals surface area contributed by atoms with Gasteiger partial charge in [-0.25, -0.2) is 0 Å². The fourth-order valence-corrected chi connectivity index (χ4v) is 3.84. The number of hydrogen-bond donors (Lipinski definition) is 1. The van der Waals surface area contributed by atoms with Crippen molar-refractivity contribution in [3.63, 3.8) is 0 Å². The number of halogens is 1. The predicted molar refractivity (Wildman–Crippen MR) is 80.2 cm³/mol. The highest BCUT2D eigenvalue weighted by molar-refractivity contribution is 9.09. The molecule has 0 saturated carbocycles. The molecule has 1 aromatic carbocycles. The summed E-state index contributed by atoms with van der Waals surface area (Å²) in [6.07, 6.45) is 1.21. The van der Waals surface area contributed by atoms with E-state index in [1.807, 2.05) is 11.8 Å². The van der Waals surface area contributed by atoms with Crippen LogP contribution in [0.5, 0.6) is 0 Å². The number of nitrogens with one attached hydrogen (secondary N) is 1. The van der Waals surface area contributed by atoms with Gasteiger partial charge in [-0.1, -0.05) is 41.1 Å². The third-order valence-corrected chi connectivity index (χ3v) is 5.82. The number of benzene rings is 1. The summed E-state index contributed by atoms with van der Waals surface area (Å²) < 4.78 is 0. The number of hydrogen-bond acceptors (Lipinski definition) is 2. The maximum Gasteiger partial charge on any atom is 0.0260 e. The molecule has 1 aliphatic heterocycles. The van der Waals surface area contributed by atoms with Crippen molar-refractivity contribution in [2.24, 2.45) is 5.92 Å². The van der Waals surface area contributed by atoms with Gasteiger partial charge < -0.3 is 5.32 Å². The lowest BCUT2D eigenvalue weighted by molar-refractivity contribution is 0.434. The zero-order valence-corrected chi connectivity index (χ0v) is 12.9. The van der Waals surface area contributed by atoms with Crippen molar-refractivity contribution in [2.75, 3.05) is 11.9 Å². The highest BCUT2D eigenvalue weighted by Crippen LogP contribution is 2.36. The molecule has 1 aliphatic rings. The SMILES string of the molecule is CC(CBr)C(C)NCC1Cc2ccccc2S1. The van der Waals surface area contributed by atoms with Gasteiger partial charge in [0.25, 0.3) is 0 Å². The molecule has 1 N–H and O–H groups in total. The number of thioether (sulfide) groups is 1. The van der Waals surface area contributed by atoms with Crippen LogP contribution in [0, 0.1) is 5.92 Å². The smallest absolute Gasteiger partial charge is 0.0260 e. The van der Waals surface area contributed by atoms with Crippen LogP contribution in [-0.2, 0) is 6.42 Å². The summed E-state index contributed by atoms with van der Waals surface area (Å²) >= 11 is 5.57. The Labute approximate surface area is 117 Å². The van der Waals surface area contributed by atoms with Crippen molar-refractivity contribution in [3.05, 3.63) is 29.8 Å². The number of fused-ring (bicyclic) bond motifs is 1. The van der Waals surface area contributed by atoms with Crippen LogP contribution in [-0.4, -0.2) is 23.2 Å². The molecule has 3 unspecified atom stereocenters. The van der Waals surface area contributed by atoms with Gasteiger partial charge in [-0.15, -0.1) is 11.8 Å². The monoisotopic (exact) mass is 313 g/mol. The van der Waals surface area contributed by atoms with Crippen LogP contribution in [0.25, 0.3) is 0 Å². The largest absolute Gasteiger partial charge is 0.313 e. The molecule has 1 nitrogen and oxygen atoms in total. The summed E-state index contributed by atoms with van der Waals surface area (Å²) in [5, 5.41) is 5.43. The van der Waals surface area contributed by atoms with Crippen molar-refractivity contribution < 1.29 is 0 Å². The van der Waals surface area contributed by atoms with Gasteiger partial charge in [0.15, 0.2) is 0 Å². The first-order chi connectivity index (χ1) is 8.20. The summed E-state index contributed by atoms with van der Waals surface area (Å²) in [4.78, 5) is 1.47. The van der Waals surface area contributed by atoms with E-state index in [0.717, 1.165) is 11.9 Å². The van der Waals surface area contributed by atoms with Gasteiger partial charge in [0.1, 0.15) is 0 Å². The van der Waals surface area contributed by atoms with Gasteiger partial charge in [-0.3, -0.25) is 0 Å². The van der Waals surface area contributed by atoms with E-state index in [0.29, 0.717) is 17.2 Å². The standard InChI is InChI=1S/C14H20BrNS/c1-10(8-15)11(2)16-9-13-7-12-5-3-4-6-14(12)17-13/h3-6,10-11,13,16H,7-9H2,1-2H3. The molecule has 0 aliphatic carbocycles. The van der Waals surface area contributed by atoms with E-state index in [1.165, 1.54) is 16.9 Å². The van der Waals surface area contributed by atoms with E-state index in [-0.39, 0.29) is 0 Å². The third-order valence-electron chi connectivity index (χ3n) is 3.48. The first kappa shape index (κ1) is 13.4. The lowest BCUT2D eigenvalue weighted by Gasteiger charge is -2.21. The summed E-state index contributed by atoms with van der Waals surface area (Å²) in [6, 6.07) is 9.36. The first-order valence-corrected chi connectivity index (χ1v) is 8.24. The van der Waals surface area contributed by atoms with Crippen molar-refractivity contribution in [1.82, 2.24) is 5.32 Å². The molecule has 0 radical (unpaired) electrons. The van der Waals surface area contributed by atoms with Gasteiger partial charge in [0.2, 0.25) is 0 Å². The highest BCUT2D eigenvalue weighted by atomic mass is 79.9. The zero-order valence-electron chi connectivity index (χ0n) is 10.4. The summed E-state index contributed by atoms with van der Waals surface area (Å²) in [6.45, 7) is 5.67. The molecular formula is C14H20BrNS. The molecule has 0 amide bonds. The van der Waals surface area contributed by atoms with E-state index in [1.54, 1.807) is 0 Å². The second-order valence-corrected chi connectivity index (χ2v) is 6.87. The fraction of sp³-hybridized carbons (Fsp3) is 0.571. The van der Waals surface area contributed by atoms with Gasteiger partial charge >= 0.3 is 0 Å². The molecule has 0 spiro atoms. The van der Waals surface area contributed by atoms with E-state index in [4.69, 9.17) is 0 Å². The van der Waals surface area contributed by atoms with Crippen LogP contribution in [0.2, 0.25) is 0 Å². The minimum atomic E-state index is 0.582. The van der Waals surface area contributed by atoms with Gasteiger partial charge in [-0.05, 0) is 30.9 Å². The minimum absolute atomic E-state index is 0.582. The average Bonchev–Trinajstić information content (AvgIpc) is 2.77. The van der Waals surface area contributed by atoms with Crippen molar-refractivity contribution >= 4 is 27.7 Å². The second kappa shape index (κ2) is 6.26. The van der Waals surface area contributed by atoms with E-state index >= 15 is 0 Å². The Hall–Kier alpha value is 0.01000. The average molecular weight is 314 g/mol. The maximum absolute atomic E-state index is 3.66. The molecule has 17 heavy (non-hydrogen) atoms. The van der Waals surface area contributed by atoms with Crippen LogP contribution in [0.1, 0.15) is 19.4 Å². The minimum Gasteiger partial charge on any atom is -0.313 e. The second-order valence-electron chi connectivity index (χ2n) is 4.88.